The van der Waals surface area contributed by atoms with E-state index in [0.29, 0.717) is 0 Å². The van der Waals surface area contributed by atoms with Crippen LogP contribution >= 0.6 is 0 Å². The van der Waals surface area contributed by atoms with Crippen LogP contribution in [-0.2, 0) is 6.54 Å². The summed E-state index contributed by atoms with van der Waals surface area (Å²) in [5, 5.41) is 3.30. The summed E-state index contributed by atoms with van der Waals surface area (Å²) in [7, 11) is 1.66. The van der Waals surface area contributed by atoms with Crippen molar-refractivity contribution in [2.75, 3.05) is 23.9 Å². The third kappa shape index (κ3) is 4.26. The Balaban J connectivity index is 1.80. The average Bonchev–Trinajstić information content (AvgIpc) is 2.67. The highest BCUT2D eigenvalue weighted by Crippen LogP contribution is 2.27. The van der Waals surface area contributed by atoms with Crippen molar-refractivity contribution >= 4 is 17.3 Å². The van der Waals surface area contributed by atoms with Crippen LogP contribution in [-0.4, -0.2) is 23.6 Å². The van der Waals surface area contributed by atoms with Gasteiger partial charge in [0.15, 0.2) is 0 Å². The van der Waals surface area contributed by atoms with Crippen molar-refractivity contribution in [2.45, 2.75) is 13.5 Å². The van der Waals surface area contributed by atoms with Crippen LogP contribution in [0.5, 0.6) is 5.75 Å². The maximum atomic E-state index is 5.38. The molecule has 0 radical (unpaired) electrons. The number of para-hydroxylation sites is 2. The Hall–Kier alpha value is -3.08. The first-order chi connectivity index (χ1) is 12.3. The molecular weight excluding hydrogens is 312 g/mol. The second kappa shape index (κ2) is 8.15. The van der Waals surface area contributed by atoms with E-state index in [1.54, 1.807) is 13.4 Å². The molecule has 25 heavy (non-hydrogen) atoms. The Morgan fingerprint density at radius 3 is 2.52 bits per heavy atom. The fraction of sp³-hybridized carbons (Fsp3) is 0.200. The number of rotatable bonds is 7. The molecular formula is C20H22N4O. The van der Waals surface area contributed by atoms with Crippen molar-refractivity contribution in [3.05, 3.63) is 72.6 Å². The highest BCUT2D eigenvalue weighted by molar-refractivity contribution is 5.65. The first-order valence-corrected chi connectivity index (χ1v) is 8.31. The molecule has 1 heterocycles. The van der Waals surface area contributed by atoms with Gasteiger partial charge in [0.05, 0.1) is 12.8 Å². The molecule has 0 unspecified atom stereocenters. The molecule has 0 fully saturated rings. The summed E-state index contributed by atoms with van der Waals surface area (Å²) < 4.78 is 5.38. The molecule has 2 aromatic carbocycles. The fourth-order valence-corrected chi connectivity index (χ4v) is 2.63. The molecule has 0 aliphatic rings. The van der Waals surface area contributed by atoms with Gasteiger partial charge in [-0.15, -0.1) is 0 Å². The highest BCUT2D eigenvalue weighted by atomic mass is 16.5. The van der Waals surface area contributed by atoms with Crippen molar-refractivity contribution in [2.24, 2.45) is 0 Å². The topological polar surface area (TPSA) is 50.3 Å². The van der Waals surface area contributed by atoms with E-state index in [1.807, 2.05) is 36.4 Å². The van der Waals surface area contributed by atoms with E-state index in [2.05, 4.69) is 51.4 Å². The summed E-state index contributed by atoms with van der Waals surface area (Å²) in [5.41, 5.74) is 2.13. The van der Waals surface area contributed by atoms with Crippen molar-refractivity contribution in [1.82, 2.24) is 9.97 Å². The van der Waals surface area contributed by atoms with Crippen LogP contribution in [0.1, 0.15) is 12.5 Å². The predicted molar refractivity (Wildman–Crippen MR) is 101 cm³/mol. The maximum absolute atomic E-state index is 5.38. The number of methoxy groups -OCH3 is 1. The van der Waals surface area contributed by atoms with E-state index in [9.17, 15) is 0 Å². The summed E-state index contributed by atoms with van der Waals surface area (Å²) in [6, 6.07) is 20.1. The van der Waals surface area contributed by atoms with Crippen LogP contribution in [0.2, 0.25) is 0 Å². The van der Waals surface area contributed by atoms with Crippen LogP contribution in [0.25, 0.3) is 0 Å². The number of benzene rings is 2. The van der Waals surface area contributed by atoms with E-state index < -0.39 is 0 Å². The highest BCUT2D eigenvalue weighted by Gasteiger charge is 2.09. The third-order valence-electron chi connectivity index (χ3n) is 3.94. The van der Waals surface area contributed by atoms with Gasteiger partial charge in [0.1, 0.15) is 23.7 Å². The molecule has 5 heteroatoms. The van der Waals surface area contributed by atoms with Gasteiger partial charge < -0.3 is 15.0 Å². The molecule has 0 spiro atoms. The predicted octanol–water partition coefficient (Wildman–Crippen LogP) is 4.26. The van der Waals surface area contributed by atoms with E-state index in [1.165, 1.54) is 5.56 Å². The van der Waals surface area contributed by atoms with Gasteiger partial charge in [0.25, 0.3) is 0 Å². The SMILES string of the molecule is CCN(Cc1ccccc1)c1cc(Nc2ccccc2OC)ncn1. The second-order valence-electron chi connectivity index (χ2n) is 5.59. The van der Waals surface area contributed by atoms with Gasteiger partial charge in [-0.1, -0.05) is 42.5 Å². The second-order valence-corrected chi connectivity index (χ2v) is 5.59. The smallest absolute Gasteiger partial charge is 0.142 e. The molecule has 0 aliphatic carbocycles. The van der Waals surface area contributed by atoms with Crippen LogP contribution < -0.4 is 15.0 Å². The van der Waals surface area contributed by atoms with Gasteiger partial charge in [-0.05, 0) is 24.6 Å². The molecule has 0 bridgehead atoms. The van der Waals surface area contributed by atoms with E-state index in [4.69, 9.17) is 4.74 Å². The van der Waals surface area contributed by atoms with Gasteiger partial charge in [0.2, 0.25) is 0 Å². The number of hydrogen-bond donors (Lipinski definition) is 1. The number of aromatic nitrogens is 2. The third-order valence-corrected chi connectivity index (χ3v) is 3.94. The van der Waals surface area contributed by atoms with Crippen LogP contribution in [0.4, 0.5) is 17.3 Å². The minimum atomic E-state index is 0.737. The lowest BCUT2D eigenvalue weighted by Gasteiger charge is -2.22. The average molecular weight is 334 g/mol. The van der Waals surface area contributed by atoms with Gasteiger partial charge in [0, 0.05) is 19.2 Å². The fourth-order valence-electron chi connectivity index (χ4n) is 2.63. The Labute approximate surface area is 148 Å². The lowest BCUT2D eigenvalue weighted by atomic mass is 10.2. The summed E-state index contributed by atoms with van der Waals surface area (Å²) in [5.74, 6) is 2.40. The monoisotopic (exact) mass is 334 g/mol. The molecule has 0 saturated heterocycles. The molecule has 3 aromatic rings. The number of nitrogens with one attached hydrogen (secondary N) is 1. The zero-order chi connectivity index (χ0) is 17.5. The van der Waals surface area contributed by atoms with Gasteiger partial charge in [-0.2, -0.15) is 0 Å². The van der Waals surface area contributed by atoms with Crippen molar-refractivity contribution < 1.29 is 4.74 Å². The number of nitrogens with zero attached hydrogens (tertiary/aromatic N) is 3. The van der Waals surface area contributed by atoms with Crippen LogP contribution in [0.15, 0.2) is 67.0 Å². The van der Waals surface area contributed by atoms with E-state index in [-0.39, 0.29) is 0 Å². The minimum Gasteiger partial charge on any atom is -0.495 e. The van der Waals surface area contributed by atoms with Gasteiger partial charge in [-0.25, -0.2) is 9.97 Å². The Bertz CT molecular complexity index is 808. The standard InChI is InChI=1S/C20H22N4O/c1-3-24(14-16-9-5-4-6-10-16)20-13-19(21-15-22-20)23-17-11-7-8-12-18(17)25-2/h4-13,15H,3,14H2,1-2H3,(H,21,22,23). The number of hydrogen-bond acceptors (Lipinski definition) is 5. The minimum absolute atomic E-state index is 0.737. The van der Waals surface area contributed by atoms with Crippen LogP contribution in [0, 0.1) is 0 Å². The summed E-state index contributed by atoms with van der Waals surface area (Å²) >= 11 is 0. The van der Waals surface area contributed by atoms with E-state index in [0.717, 1.165) is 36.2 Å². The molecule has 1 N–H and O–H groups in total. The molecule has 0 saturated carbocycles. The van der Waals surface area contributed by atoms with Crippen molar-refractivity contribution in [1.29, 1.82) is 0 Å². The molecule has 0 atom stereocenters. The molecule has 0 amide bonds. The molecule has 0 aliphatic heterocycles. The largest absolute Gasteiger partial charge is 0.495 e. The summed E-state index contributed by atoms with van der Waals surface area (Å²) in [6.45, 7) is 3.79. The summed E-state index contributed by atoms with van der Waals surface area (Å²) in [6.07, 6.45) is 1.58. The first kappa shape index (κ1) is 16.8. The van der Waals surface area contributed by atoms with Gasteiger partial charge in [-0.3, -0.25) is 0 Å². The van der Waals surface area contributed by atoms with E-state index >= 15 is 0 Å². The Morgan fingerprint density at radius 2 is 1.76 bits per heavy atom. The van der Waals surface area contributed by atoms with Crippen molar-refractivity contribution in [3.8, 4) is 5.75 Å². The number of anilines is 3. The quantitative estimate of drug-likeness (QED) is 0.700. The molecule has 1 aromatic heterocycles. The Morgan fingerprint density at radius 1 is 1.00 bits per heavy atom. The molecule has 3 rings (SSSR count). The van der Waals surface area contributed by atoms with Gasteiger partial charge >= 0.3 is 0 Å². The lowest BCUT2D eigenvalue weighted by Crippen LogP contribution is -2.23. The number of ether oxygens (including phenoxy) is 1. The zero-order valence-electron chi connectivity index (χ0n) is 14.5. The van der Waals surface area contributed by atoms with Crippen molar-refractivity contribution in [3.63, 3.8) is 0 Å². The first-order valence-electron chi connectivity index (χ1n) is 8.31. The van der Waals surface area contributed by atoms with Crippen LogP contribution in [0.3, 0.4) is 0 Å². The maximum Gasteiger partial charge on any atom is 0.142 e. The zero-order valence-corrected chi connectivity index (χ0v) is 14.5. The molecule has 5 nitrogen and oxygen atoms in total. The molecule has 128 valence electrons. The normalized spacial score (nSPS) is 10.3. The lowest BCUT2D eigenvalue weighted by molar-refractivity contribution is 0.417. The summed E-state index contributed by atoms with van der Waals surface area (Å²) in [4.78, 5) is 11.0. The Kier molecular flexibility index (Phi) is 5.46.